The van der Waals surface area contributed by atoms with E-state index in [0.717, 1.165) is 11.1 Å². The summed E-state index contributed by atoms with van der Waals surface area (Å²) >= 11 is 0. The molecule has 8 heteroatoms. The minimum atomic E-state index is -1.10. The molecule has 8 nitrogen and oxygen atoms in total. The Hall–Kier alpha value is -4.07. The van der Waals surface area contributed by atoms with E-state index in [1.807, 2.05) is 55.5 Å². The van der Waals surface area contributed by atoms with Gasteiger partial charge in [0.1, 0.15) is 17.4 Å². The molecule has 1 aliphatic heterocycles. The van der Waals surface area contributed by atoms with Crippen LogP contribution in [-0.2, 0) is 23.9 Å². The second-order valence-electron chi connectivity index (χ2n) is 9.36. The lowest BCUT2D eigenvalue weighted by Gasteiger charge is -2.39. The monoisotopic (exact) mass is 533 g/mol. The van der Waals surface area contributed by atoms with Gasteiger partial charge in [-0.25, -0.2) is 4.79 Å². The van der Waals surface area contributed by atoms with Crippen LogP contribution in [0.1, 0.15) is 57.1 Å². The van der Waals surface area contributed by atoms with Crippen molar-refractivity contribution in [3.05, 3.63) is 82.2 Å². The number of esters is 2. The molecule has 1 aliphatic carbocycles. The summed E-state index contributed by atoms with van der Waals surface area (Å²) in [6, 6.07) is 14.7. The molecule has 0 amide bonds. The number of Topliss-reactive ketones (excluding diaryl/α,β-unsaturated/α-hetero) is 1. The number of allylic oxidation sites excluding steroid dienone is 3. The molecule has 0 saturated carbocycles. The summed E-state index contributed by atoms with van der Waals surface area (Å²) in [5.74, 6) is -2.57. The maximum absolute atomic E-state index is 14.4. The number of hydrogen-bond donors (Lipinski definition) is 1. The first-order valence-corrected chi connectivity index (χ1v) is 13.3. The zero-order valence-electron chi connectivity index (χ0n) is 23.0. The van der Waals surface area contributed by atoms with Crippen molar-refractivity contribution in [2.24, 2.45) is 5.92 Å². The highest BCUT2D eigenvalue weighted by atomic mass is 16.5. The number of para-hydroxylation sites is 1. The van der Waals surface area contributed by atoms with Crippen molar-refractivity contribution in [2.75, 3.05) is 26.9 Å². The smallest absolute Gasteiger partial charge is 0.336 e. The van der Waals surface area contributed by atoms with Crippen LogP contribution in [-0.4, -0.2) is 44.7 Å². The number of rotatable bonds is 9. The van der Waals surface area contributed by atoms with Crippen molar-refractivity contribution in [2.45, 2.75) is 46.0 Å². The number of carbonyl (C=O) groups is 3. The summed E-state index contributed by atoms with van der Waals surface area (Å²) < 4.78 is 22.0. The van der Waals surface area contributed by atoms with Gasteiger partial charge in [-0.3, -0.25) is 9.59 Å². The van der Waals surface area contributed by atoms with Gasteiger partial charge in [0.15, 0.2) is 5.78 Å². The Morgan fingerprint density at radius 3 is 2.28 bits per heavy atom. The molecule has 4 rings (SSSR count). The number of ether oxygens (including phenoxy) is 4. The Kier molecular flexibility index (Phi) is 8.74. The molecule has 2 aromatic carbocycles. The Morgan fingerprint density at radius 2 is 1.64 bits per heavy atom. The van der Waals surface area contributed by atoms with Crippen LogP contribution in [0.25, 0.3) is 0 Å². The van der Waals surface area contributed by atoms with Gasteiger partial charge in [-0.1, -0.05) is 30.3 Å². The second kappa shape index (κ2) is 12.2. The van der Waals surface area contributed by atoms with E-state index in [2.05, 4.69) is 5.32 Å². The summed E-state index contributed by atoms with van der Waals surface area (Å²) in [6.07, 6.45) is 0.353. The van der Waals surface area contributed by atoms with Crippen molar-refractivity contribution >= 4 is 17.7 Å². The molecule has 0 unspecified atom stereocenters. The molecule has 206 valence electrons. The average Bonchev–Trinajstić information content (AvgIpc) is 2.93. The van der Waals surface area contributed by atoms with Gasteiger partial charge >= 0.3 is 11.9 Å². The summed E-state index contributed by atoms with van der Waals surface area (Å²) in [5.41, 5.74) is 3.45. The molecule has 2 aromatic rings. The Balaban J connectivity index is 1.90. The van der Waals surface area contributed by atoms with Crippen LogP contribution in [0.3, 0.4) is 0 Å². The van der Waals surface area contributed by atoms with Gasteiger partial charge in [0.05, 0.1) is 32.5 Å². The number of nitrogens with one attached hydrogen (secondary N) is 1. The fourth-order valence-corrected chi connectivity index (χ4v) is 5.54. The number of dihydropyridines is 1. The highest BCUT2D eigenvalue weighted by Crippen LogP contribution is 2.49. The highest BCUT2D eigenvalue weighted by molar-refractivity contribution is 6.13. The molecule has 0 radical (unpaired) electrons. The van der Waals surface area contributed by atoms with Crippen LogP contribution in [0.15, 0.2) is 71.1 Å². The molecule has 2 aliphatic rings. The fraction of sp³-hybridized carbons (Fsp3) is 0.387. The maximum Gasteiger partial charge on any atom is 0.336 e. The van der Waals surface area contributed by atoms with Crippen LogP contribution in [0.4, 0.5) is 0 Å². The molecule has 39 heavy (non-hydrogen) atoms. The Labute approximate surface area is 229 Å². The molecule has 0 spiro atoms. The zero-order valence-corrected chi connectivity index (χ0v) is 23.0. The van der Waals surface area contributed by atoms with Gasteiger partial charge in [-0.05, 0) is 63.4 Å². The van der Waals surface area contributed by atoms with E-state index in [1.54, 1.807) is 27.9 Å². The second-order valence-corrected chi connectivity index (χ2v) is 9.36. The van der Waals surface area contributed by atoms with Crippen molar-refractivity contribution in [3.63, 3.8) is 0 Å². The Morgan fingerprint density at radius 1 is 0.949 bits per heavy atom. The van der Waals surface area contributed by atoms with Gasteiger partial charge in [0, 0.05) is 28.8 Å². The normalized spacial score (nSPS) is 20.6. The standard InChI is InChI=1S/C31H35NO7/c1-6-37-20-15-13-19(14-16-20)26-25(30(34)38-7-2)18(4)32-23-17-22(21-11-9-10-12-24(21)36-5)27(29(33)28(23)26)31(35)39-8-3/h9-16,22,26-27,32H,6-8,17H2,1-5H3/t22-,26-,27+/m1/s1. The highest BCUT2D eigenvalue weighted by Gasteiger charge is 2.49. The number of ketones is 1. The summed E-state index contributed by atoms with van der Waals surface area (Å²) in [4.78, 5) is 41.0. The number of benzene rings is 2. The van der Waals surface area contributed by atoms with E-state index in [9.17, 15) is 14.4 Å². The van der Waals surface area contributed by atoms with Gasteiger partial charge in [0.2, 0.25) is 0 Å². The molecule has 1 N–H and O–H groups in total. The quantitative estimate of drug-likeness (QED) is 0.362. The lowest BCUT2D eigenvalue weighted by atomic mass is 9.67. The van der Waals surface area contributed by atoms with Crippen LogP contribution in [0.2, 0.25) is 0 Å². The predicted octanol–water partition coefficient (Wildman–Crippen LogP) is 4.81. The first-order chi connectivity index (χ1) is 18.9. The van der Waals surface area contributed by atoms with Gasteiger partial charge < -0.3 is 24.3 Å². The van der Waals surface area contributed by atoms with E-state index in [1.165, 1.54) is 0 Å². The minimum Gasteiger partial charge on any atom is -0.496 e. The lowest BCUT2D eigenvalue weighted by Crippen LogP contribution is -2.43. The van der Waals surface area contributed by atoms with E-state index < -0.39 is 29.7 Å². The van der Waals surface area contributed by atoms with Crippen LogP contribution in [0.5, 0.6) is 11.5 Å². The number of hydrogen-bond acceptors (Lipinski definition) is 8. The third-order valence-corrected chi connectivity index (χ3v) is 7.12. The topological polar surface area (TPSA) is 100 Å². The first kappa shape index (κ1) is 28.0. The van der Waals surface area contributed by atoms with Crippen molar-refractivity contribution in [3.8, 4) is 11.5 Å². The van der Waals surface area contributed by atoms with E-state index >= 15 is 0 Å². The van der Waals surface area contributed by atoms with E-state index in [-0.39, 0.29) is 19.0 Å². The lowest BCUT2D eigenvalue weighted by molar-refractivity contribution is -0.152. The van der Waals surface area contributed by atoms with E-state index in [4.69, 9.17) is 18.9 Å². The molecule has 1 heterocycles. The third kappa shape index (κ3) is 5.41. The van der Waals surface area contributed by atoms with Gasteiger partial charge in [-0.15, -0.1) is 0 Å². The van der Waals surface area contributed by atoms with Crippen molar-refractivity contribution in [1.82, 2.24) is 5.32 Å². The van der Waals surface area contributed by atoms with Crippen molar-refractivity contribution < 1.29 is 33.3 Å². The van der Waals surface area contributed by atoms with Crippen LogP contribution < -0.4 is 14.8 Å². The Bertz CT molecular complexity index is 1310. The molecule has 0 saturated heterocycles. The largest absolute Gasteiger partial charge is 0.496 e. The summed E-state index contributed by atoms with van der Waals surface area (Å²) in [5, 5.41) is 3.32. The number of methoxy groups -OCH3 is 1. The molecule has 0 fully saturated rings. The number of carbonyl (C=O) groups excluding carboxylic acids is 3. The zero-order chi connectivity index (χ0) is 28.1. The summed E-state index contributed by atoms with van der Waals surface area (Å²) in [6.45, 7) is 7.99. The molecule has 0 aromatic heterocycles. The minimum absolute atomic E-state index is 0.140. The van der Waals surface area contributed by atoms with Crippen LogP contribution >= 0.6 is 0 Å². The molecule has 0 bridgehead atoms. The summed E-state index contributed by atoms with van der Waals surface area (Å²) in [7, 11) is 1.56. The SMILES string of the molecule is CCOC(=O)C1=C(C)NC2=C(C(=O)[C@@H](C(=O)OCC)[C@@H](c3ccccc3OC)C2)[C@@H]1c1ccc(OCC)cc1. The van der Waals surface area contributed by atoms with Gasteiger partial charge in [0.25, 0.3) is 0 Å². The maximum atomic E-state index is 14.4. The predicted molar refractivity (Wildman–Crippen MR) is 145 cm³/mol. The fourth-order valence-electron chi connectivity index (χ4n) is 5.54. The van der Waals surface area contributed by atoms with Crippen molar-refractivity contribution in [1.29, 1.82) is 0 Å². The van der Waals surface area contributed by atoms with Crippen LogP contribution in [0, 0.1) is 5.92 Å². The third-order valence-electron chi connectivity index (χ3n) is 7.12. The molecular weight excluding hydrogens is 498 g/mol. The first-order valence-electron chi connectivity index (χ1n) is 13.3. The molecule has 3 atom stereocenters. The van der Waals surface area contributed by atoms with Gasteiger partial charge in [-0.2, -0.15) is 0 Å². The molecular formula is C31H35NO7. The average molecular weight is 534 g/mol. The van der Waals surface area contributed by atoms with E-state index in [0.29, 0.717) is 47.1 Å².